The Kier molecular flexibility index (Phi) is 4.74. The summed E-state index contributed by atoms with van der Waals surface area (Å²) >= 11 is 11.8. The molecule has 0 atom stereocenters. The minimum atomic E-state index is -0.756. The zero-order valence-corrected chi connectivity index (χ0v) is 14.2. The molecule has 3 amide bonds. The van der Waals surface area contributed by atoms with Crippen molar-refractivity contribution >= 4 is 46.6 Å². The van der Waals surface area contributed by atoms with Crippen LogP contribution in [0.3, 0.4) is 0 Å². The zero-order chi connectivity index (χ0) is 18.1. The maximum absolute atomic E-state index is 13.8. The third-order valence-electron chi connectivity index (χ3n) is 3.74. The topological polar surface area (TPSA) is 66.5 Å². The summed E-state index contributed by atoms with van der Waals surface area (Å²) in [7, 11) is 0. The molecule has 0 fully saturated rings. The number of nitrogens with zero attached hydrogens (tertiary/aromatic N) is 1. The van der Waals surface area contributed by atoms with Crippen molar-refractivity contribution in [3.05, 3.63) is 63.4 Å². The molecular weight excluding hydrogens is 370 g/mol. The minimum absolute atomic E-state index is 0.00305. The number of imide groups is 1. The highest BCUT2D eigenvalue weighted by atomic mass is 35.5. The van der Waals surface area contributed by atoms with E-state index in [9.17, 15) is 18.8 Å². The molecule has 1 heterocycles. The quantitative estimate of drug-likeness (QED) is 0.821. The highest BCUT2D eigenvalue weighted by Gasteiger charge is 2.37. The lowest BCUT2D eigenvalue weighted by molar-refractivity contribution is -0.116. The minimum Gasteiger partial charge on any atom is -0.325 e. The van der Waals surface area contributed by atoms with Gasteiger partial charge in [-0.2, -0.15) is 0 Å². The number of fused-ring (bicyclic) bond motifs is 1. The molecule has 128 valence electrons. The zero-order valence-electron chi connectivity index (χ0n) is 12.7. The number of carbonyl (C=O) groups excluding carboxylic acids is 3. The van der Waals surface area contributed by atoms with Gasteiger partial charge in [0.15, 0.2) is 0 Å². The normalized spacial score (nSPS) is 13.2. The largest absolute Gasteiger partial charge is 0.325 e. The molecule has 0 aliphatic carbocycles. The van der Waals surface area contributed by atoms with E-state index in [0.29, 0.717) is 5.69 Å². The van der Waals surface area contributed by atoms with Gasteiger partial charge in [-0.25, -0.2) is 4.39 Å². The van der Waals surface area contributed by atoms with Crippen molar-refractivity contribution in [2.75, 3.05) is 11.9 Å². The lowest BCUT2D eigenvalue weighted by Crippen LogP contribution is -2.33. The summed E-state index contributed by atoms with van der Waals surface area (Å²) in [6.07, 6.45) is -0.157. The van der Waals surface area contributed by atoms with E-state index in [-0.39, 0.29) is 34.1 Å². The fraction of sp³-hybridized carbons (Fsp3) is 0.118. The summed E-state index contributed by atoms with van der Waals surface area (Å²) < 4.78 is 13.8. The van der Waals surface area contributed by atoms with Gasteiger partial charge < -0.3 is 5.32 Å². The Bertz CT molecular complexity index is 901. The van der Waals surface area contributed by atoms with Gasteiger partial charge >= 0.3 is 0 Å². The summed E-state index contributed by atoms with van der Waals surface area (Å²) in [6.45, 7) is -0.171. The first-order valence-electron chi connectivity index (χ1n) is 7.28. The number of rotatable bonds is 4. The Hall–Kier alpha value is -2.44. The molecule has 2 aromatic carbocycles. The van der Waals surface area contributed by atoms with Crippen molar-refractivity contribution in [3.63, 3.8) is 0 Å². The average Bonchev–Trinajstić information content (AvgIpc) is 2.82. The Labute approximate surface area is 152 Å². The van der Waals surface area contributed by atoms with E-state index in [2.05, 4.69) is 5.32 Å². The molecule has 0 bridgehead atoms. The Morgan fingerprint density at radius 2 is 1.80 bits per heavy atom. The number of hydrogen-bond acceptors (Lipinski definition) is 3. The fourth-order valence-electron chi connectivity index (χ4n) is 2.52. The van der Waals surface area contributed by atoms with Gasteiger partial charge in [-0.15, -0.1) is 0 Å². The van der Waals surface area contributed by atoms with Crippen molar-refractivity contribution in [1.29, 1.82) is 0 Å². The molecule has 0 spiro atoms. The third-order valence-corrected chi connectivity index (χ3v) is 4.56. The van der Waals surface area contributed by atoms with Crippen LogP contribution < -0.4 is 5.32 Å². The van der Waals surface area contributed by atoms with E-state index in [4.69, 9.17) is 23.2 Å². The molecular formula is C17H11Cl2FN2O3. The van der Waals surface area contributed by atoms with Crippen molar-refractivity contribution < 1.29 is 18.8 Å². The van der Waals surface area contributed by atoms with Crippen molar-refractivity contribution in [2.24, 2.45) is 0 Å². The molecule has 2 aromatic rings. The standard InChI is InChI=1S/C17H11Cl2FN2O3/c18-10-4-2-6-12(15(10)19)21-13(23)7-8-22-16(24)9-3-1-5-11(20)14(9)17(22)25/h1-6H,7-8H2,(H,21,23). The Morgan fingerprint density at radius 3 is 2.52 bits per heavy atom. The van der Waals surface area contributed by atoms with Crippen LogP contribution in [0.4, 0.5) is 10.1 Å². The van der Waals surface area contributed by atoms with Crippen LogP contribution >= 0.6 is 23.2 Å². The highest BCUT2D eigenvalue weighted by Crippen LogP contribution is 2.30. The van der Waals surface area contributed by atoms with Gasteiger partial charge in [0.1, 0.15) is 5.82 Å². The van der Waals surface area contributed by atoms with Gasteiger partial charge in [0.2, 0.25) is 5.91 Å². The van der Waals surface area contributed by atoms with E-state index < -0.39 is 23.5 Å². The molecule has 5 nitrogen and oxygen atoms in total. The van der Waals surface area contributed by atoms with E-state index in [0.717, 1.165) is 11.0 Å². The summed E-state index contributed by atoms with van der Waals surface area (Å²) in [5.41, 5.74) is 0.0710. The maximum Gasteiger partial charge on any atom is 0.264 e. The first-order valence-corrected chi connectivity index (χ1v) is 8.04. The highest BCUT2D eigenvalue weighted by molar-refractivity contribution is 6.44. The van der Waals surface area contributed by atoms with Crippen LogP contribution in [0.2, 0.25) is 10.0 Å². The molecule has 0 aromatic heterocycles. The maximum atomic E-state index is 13.8. The molecule has 0 saturated heterocycles. The van der Waals surface area contributed by atoms with Gasteiger partial charge in [-0.05, 0) is 24.3 Å². The molecule has 3 rings (SSSR count). The van der Waals surface area contributed by atoms with Gasteiger partial charge in [-0.3, -0.25) is 19.3 Å². The van der Waals surface area contributed by atoms with Gasteiger partial charge in [0, 0.05) is 13.0 Å². The molecule has 0 radical (unpaired) electrons. The van der Waals surface area contributed by atoms with Crippen LogP contribution in [-0.4, -0.2) is 29.2 Å². The van der Waals surface area contributed by atoms with Gasteiger partial charge in [-0.1, -0.05) is 35.3 Å². The lowest BCUT2D eigenvalue weighted by atomic mass is 10.1. The van der Waals surface area contributed by atoms with Gasteiger partial charge in [0.05, 0.1) is 26.9 Å². The number of anilines is 1. The van der Waals surface area contributed by atoms with E-state index >= 15 is 0 Å². The van der Waals surface area contributed by atoms with E-state index in [1.54, 1.807) is 18.2 Å². The SMILES string of the molecule is O=C(CCN1C(=O)c2cccc(F)c2C1=O)Nc1cccc(Cl)c1Cl. The predicted octanol–water partition coefficient (Wildman–Crippen LogP) is 3.76. The van der Waals surface area contributed by atoms with E-state index in [1.165, 1.54) is 12.1 Å². The predicted molar refractivity (Wildman–Crippen MR) is 91.5 cm³/mol. The second-order valence-corrected chi connectivity index (χ2v) is 6.11. The lowest BCUT2D eigenvalue weighted by Gasteiger charge is -2.14. The molecule has 1 N–H and O–H groups in total. The first-order chi connectivity index (χ1) is 11.9. The summed E-state index contributed by atoms with van der Waals surface area (Å²) in [5, 5.41) is 3.04. The summed E-state index contributed by atoms with van der Waals surface area (Å²) in [5.74, 6) is -2.57. The number of carbonyl (C=O) groups is 3. The number of amides is 3. The Morgan fingerprint density at radius 1 is 1.08 bits per heavy atom. The molecule has 0 saturated carbocycles. The van der Waals surface area contributed by atoms with Crippen molar-refractivity contribution in [3.8, 4) is 0 Å². The van der Waals surface area contributed by atoms with Crippen molar-refractivity contribution in [2.45, 2.75) is 6.42 Å². The second-order valence-electron chi connectivity index (χ2n) is 5.32. The van der Waals surface area contributed by atoms with Crippen LogP contribution in [0.15, 0.2) is 36.4 Å². The summed E-state index contributed by atoms with van der Waals surface area (Å²) in [4.78, 5) is 37.3. The molecule has 25 heavy (non-hydrogen) atoms. The number of nitrogens with one attached hydrogen (secondary N) is 1. The van der Waals surface area contributed by atoms with E-state index in [1.807, 2.05) is 0 Å². The fourth-order valence-corrected chi connectivity index (χ4v) is 2.87. The first kappa shape index (κ1) is 17.4. The molecule has 1 aliphatic heterocycles. The molecule has 1 aliphatic rings. The molecule has 0 unspecified atom stereocenters. The van der Waals surface area contributed by atoms with Crippen LogP contribution in [0.25, 0.3) is 0 Å². The third kappa shape index (κ3) is 3.23. The van der Waals surface area contributed by atoms with Crippen molar-refractivity contribution in [1.82, 2.24) is 4.90 Å². The van der Waals surface area contributed by atoms with Gasteiger partial charge in [0.25, 0.3) is 11.8 Å². The van der Waals surface area contributed by atoms with Crippen LogP contribution in [0, 0.1) is 5.82 Å². The number of hydrogen-bond donors (Lipinski definition) is 1. The molecule has 8 heteroatoms. The van der Waals surface area contributed by atoms with Crippen LogP contribution in [-0.2, 0) is 4.79 Å². The number of halogens is 3. The average molecular weight is 381 g/mol. The monoisotopic (exact) mass is 380 g/mol. The van der Waals surface area contributed by atoms with Crippen LogP contribution in [0.1, 0.15) is 27.1 Å². The number of benzene rings is 2. The summed E-state index contributed by atoms with van der Waals surface area (Å²) in [6, 6.07) is 8.62. The Balaban J connectivity index is 1.67. The second kappa shape index (κ2) is 6.82. The smallest absolute Gasteiger partial charge is 0.264 e. The van der Waals surface area contributed by atoms with Crippen LogP contribution in [0.5, 0.6) is 0 Å².